The van der Waals surface area contributed by atoms with Gasteiger partial charge in [0.1, 0.15) is 11.2 Å². The molecule has 1 aliphatic carbocycles. The second-order valence-electron chi connectivity index (χ2n) is 11.7. The van der Waals surface area contributed by atoms with Gasteiger partial charge >= 0.3 is 0 Å². The van der Waals surface area contributed by atoms with Crippen LogP contribution in [0.25, 0.3) is 78.4 Å². The fourth-order valence-corrected chi connectivity index (χ4v) is 6.52. The molecule has 6 aromatic carbocycles. The highest BCUT2D eigenvalue weighted by atomic mass is 16.3. The summed E-state index contributed by atoms with van der Waals surface area (Å²) in [7, 11) is 0. The summed E-state index contributed by atoms with van der Waals surface area (Å²) in [5, 5.41) is 1.18. The van der Waals surface area contributed by atoms with Crippen molar-refractivity contribution in [1.82, 2.24) is 15.0 Å². The van der Waals surface area contributed by atoms with Gasteiger partial charge in [0.05, 0.1) is 13.7 Å². The molecule has 0 fully saturated rings. The number of aromatic nitrogens is 3. The molecule has 0 spiro atoms. The quantitative estimate of drug-likeness (QED) is 0.201. The maximum absolute atomic E-state index is 8.73. The summed E-state index contributed by atoms with van der Waals surface area (Å²) in [5.74, 6) is 0.289. The Hall–Kier alpha value is -5.87. The van der Waals surface area contributed by atoms with Gasteiger partial charge < -0.3 is 4.42 Å². The number of nitrogens with zero attached hydrogens (tertiary/aromatic N) is 3. The SMILES string of the molecule is [2H]c1c([2H])c([2H])c(-c2nc(-c3ccc4c(c3)-c3ccccc3C4(C)C)nc(-c3ccc4c(c3)oc3cccc(-c5c([2H])c([2H])c([2H])c([2H])c5[2H])c34)n2)c([2H])c1[2H]. The number of hydrogen-bond acceptors (Lipinski definition) is 4. The fourth-order valence-electron chi connectivity index (χ4n) is 6.52. The van der Waals surface area contributed by atoms with Crippen LogP contribution in [0.15, 0.2) is 144 Å². The zero-order valence-corrected chi connectivity index (χ0v) is 24.8. The lowest BCUT2D eigenvalue weighted by Crippen LogP contribution is -2.14. The van der Waals surface area contributed by atoms with Crippen molar-refractivity contribution in [2.45, 2.75) is 19.3 Å². The molecule has 2 aromatic heterocycles. The first-order valence-corrected chi connectivity index (χ1v) is 14.8. The number of benzene rings is 6. The van der Waals surface area contributed by atoms with Gasteiger partial charge in [0, 0.05) is 32.9 Å². The monoisotopic (exact) mass is 601 g/mol. The van der Waals surface area contributed by atoms with E-state index >= 15 is 0 Å². The van der Waals surface area contributed by atoms with E-state index in [1.807, 2.05) is 30.3 Å². The molecule has 0 atom stereocenters. The van der Waals surface area contributed by atoms with E-state index in [9.17, 15) is 0 Å². The highest BCUT2D eigenvalue weighted by Gasteiger charge is 2.35. The van der Waals surface area contributed by atoms with Crippen LogP contribution in [0.2, 0.25) is 0 Å². The van der Waals surface area contributed by atoms with Gasteiger partial charge in [0.2, 0.25) is 0 Å². The summed E-state index contributed by atoms with van der Waals surface area (Å²) in [4.78, 5) is 14.3. The van der Waals surface area contributed by atoms with Crippen LogP contribution >= 0.6 is 0 Å². The molecule has 0 unspecified atom stereocenters. The number of furan rings is 1. The summed E-state index contributed by atoms with van der Waals surface area (Å²) in [5.41, 5.74) is 6.46. The predicted molar refractivity (Wildman–Crippen MR) is 186 cm³/mol. The third-order valence-electron chi connectivity index (χ3n) is 8.73. The number of fused-ring (bicyclic) bond motifs is 6. The fraction of sp³-hybridized carbons (Fsp3) is 0.0714. The smallest absolute Gasteiger partial charge is 0.164 e. The minimum absolute atomic E-state index is 0.0547. The van der Waals surface area contributed by atoms with Crippen LogP contribution in [0.5, 0.6) is 0 Å². The topological polar surface area (TPSA) is 51.8 Å². The maximum atomic E-state index is 8.73. The third-order valence-corrected chi connectivity index (χ3v) is 8.73. The van der Waals surface area contributed by atoms with Gasteiger partial charge in [-0.3, -0.25) is 0 Å². The predicted octanol–water partition coefficient (Wildman–Crippen LogP) is 10.7. The molecule has 0 N–H and O–H groups in total. The van der Waals surface area contributed by atoms with Gasteiger partial charge in [-0.05, 0) is 57.6 Å². The van der Waals surface area contributed by atoms with Gasteiger partial charge in [0.15, 0.2) is 17.5 Å². The maximum Gasteiger partial charge on any atom is 0.164 e. The molecule has 218 valence electrons. The molecule has 0 amide bonds. The molecule has 0 saturated heterocycles. The summed E-state index contributed by atoms with van der Waals surface area (Å²) in [6.45, 7) is 4.35. The van der Waals surface area contributed by atoms with Crippen LogP contribution < -0.4 is 0 Å². The highest BCUT2D eigenvalue weighted by molar-refractivity contribution is 6.13. The zero-order valence-electron chi connectivity index (χ0n) is 34.8. The van der Waals surface area contributed by atoms with E-state index in [4.69, 9.17) is 33.1 Å². The van der Waals surface area contributed by atoms with Gasteiger partial charge in [-0.25, -0.2) is 15.0 Å². The Morgan fingerprint density at radius 3 is 1.89 bits per heavy atom. The molecule has 0 radical (unpaired) electrons. The molecule has 1 aliphatic rings. The minimum atomic E-state index is -0.531. The molecule has 0 bridgehead atoms. The van der Waals surface area contributed by atoms with Crippen molar-refractivity contribution in [3.63, 3.8) is 0 Å². The van der Waals surface area contributed by atoms with Crippen molar-refractivity contribution in [2.24, 2.45) is 0 Å². The van der Waals surface area contributed by atoms with Crippen molar-refractivity contribution in [2.75, 3.05) is 0 Å². The zero-order chi connectivity index (χ0) is 39.5. The molecular weight excluding hydrogens is 562 g/mol. The molecule has 8 aromatic rings. The van der Waals surface area contributed by atoms with E-state index in [0.29, 0.717) is 38.6 Å². The molecule has 4 nitrogen and oxygen atoms in total. The Morgan fingerprint density at radius 2 is 1.13 bits per heavy atom. The summed E-state index contributed by atoms with van der Waals surface area (Å²) in [6, 6.07) is 20.1. The minimum Gasteiger partial charge on any atom is -0.456 e. The van der Waals surface area contributed by atoms with Crippen molar-refractivity contribution >= 4 is 21.9 Å². The van der Waals surface area contributed by atoms with E-state index in [1.165, 1.54) is 5.56 Å². The average molecular weight is 602 g/mol. The molecular formula is C42H29N3O. The molecule has 9 rings (SSSR count). The van der Waals surface area contributed by atoms with E-state index in [2.05, 4.69) is 26.0 Å². The Labute approximate surface area is 281 Å². The largest absolute Gasteiger partial charge is 0.456 e. The Bertz CT molecular complexity index is 2970. The van der Waals surface area contributed by atoms with Crippen LogP contribution in [-0.2, 0) is 5.41 Å². The van der Waals surface area contributed by atoms with Crippen LogP contribution in [0.1, 0.15) is 38.7 Å². The van der Waals surface area contributed by atoms with Crippen molar-refractivity contribution < 1.29 is 18.1 Å². The van der Waals surface area contributed by atoms with E-state index < -0.39 is 48.3 Å². The lowest BCUT2D eigenvalue weighted by Gasteiger charge is -2.21. The molecule has 0 aliphatic heterocycles. The summed E-state index contributed by atoms with van der Waals surface area (Å²) in [6.07, 6.45) is 0. The molecule has 0 saturated carbocycles. The van der Waals surface area contributed by atoms with E-state index in [-0.39, 0.29) is 46.1 Å². The lowest BCUT2D eigenvalue weighted by atomic mass is 9.82. The second kappa shape index (κ2) is 10.1. The first-order valence-electron chi connectivity index (χ1n) is 19.8. The van der Waals surface area contributed by atoms with E-state index in [1.54, 1.807) is 36.4 Å². The first kappa shape index (κ1) is 18.2. The second-order valence-corrected chi connectivity index (χ2v) is 11.7. The molecule has 4 heteroatoms. The van der Waals surface area contributed by atoms with E-state index in [0.717, 1.165) is 16.7 Å². The number of hydrogen-bond donors (Lipinski definition) is 0. The Morgan fingerprint density at radius 1 is 0.522 bits per heavy atom. The lowest BCUT2D eigenvalue weighted by molar-refractivity contribution is 0.660. The van der Waals surface area contributed by atoms with Crippen molar-refractivity contribution in [1.29, 1.82) is 0 Å². The van der Waals surface area contributed by atoms with Crippen LogP contribution in [0.3, 0.4) is 0 Å². The van der Waals surface area contributed by atoms with Crippen LogP contribution in [0, 0.1) is 0 Å². The standard InChI is InChI=1S/C42H29N3O/c1-42(2)34-18-10-9-16-31(34)33-24-28(21-23-35(33)42)40-43-39(27-14-7-4-8-15-27)44-41(45-40)29-20-22-32-37(25-29)46-36-19-11-17-30(38(32)36)26-12-5-3-6-13-26/h3-25H,1-2H3/i3D,4D,5D,6D,7D,8D,12D,13D,14D,15D. The van der Waals surface area contributed by atoms with Gasteiger partial charge in [-0.15, -0.1) is 0 Å². The average Bonchev–Trinajstić information content (AvgIpc) is 3.69. The first-order chi connectivity index (χ1) is 26.7. The molecule has 46 heavy (non-hydrogen) atoms. The summed E-state index contributed by atoms with van der Waals surface area (Å²) >= 11 is 0. The normalized spacial score (nSPS) is 16.2. The van der Waals surface area contributed by atoms with Crippen molar-refractivity contribution in [3.05, 3.63) is 150 Å². The number of rotatable bonds is 4. The third kappa shape index (κ3) is 4.11. The van der Waals surface area contributed by atoms with Gasteiger partial charge in [0.25, 0.3) is 0 Å². The molecule has 2 heterocycles. The highest BCUT2D eigenvalue weighted by Crippen LogP contribution is 2.49. The van der Waals surface area contributed by atoms with Gasteiger partial charge in [-0.1, -0.05) is 129 Å². The van der Waals surface area contributed by atoms with Crippen LogP contribution in [0.4, 0.5) is 0 Å². The van der Waals surface area contributed by atoms with Crippen molar-refractivity contribution in [3.8, 4) is 56.4 Å². The Kier molecular flexibility index (Phi) is 3.98. The van der Waals surface area contributed by atoms with Gasteiger partial charge in [-0.2, -0.15) is 0 Å². The van der Waals surface area contributed by atoms with Crippen LogP contribution in [-0.4, -0.2) is 15.0 Å². The summed E-state index contributed by atoms with van der Waals surface area (Å²) < 4.78 is 90.4. The Balaban J connectivity index is 1.26.